The SMILES string of the molecule is CCCCCCCCC(O)c1ccc2ccccc2n1. The van der Waals surface area contributed by atoms with Crippen LogP contribution < -0.4 is 0 Å². The largest absolute Gasteiger partial charge is 0.387 e. The third kappa shape index (κ3) is 4.31. The molecule has 1 N–H and O–H groups in total. The maximum Gasteiger partial charge on any atom is 0.0960 e. The number of para-hydroxylation sites is 1. The molecule has 0 saturated heterocycles. The lowest BCUT2D eigenvalue weighted by Crippen LogP contribution is -2.00. The van der Waals surface area contributed by atoms with Crippen LogP contribution in [-0.2, 0) is 0 Å². The molecule has 0 aliphatic rings. The minimum Gasteiger partial charge on any atom is -0.387 e. The Morgan fingerprint density at radius 1 is 0.950 bits per heavy atom. The van der Waals surface area contributed by atoms with Crippen LogP contribution >= 0.6 is 0 Å². The van der Waals surface area contributed by atoms with Crippen molar-refractivity contribution < 1.29 is 5.11 Å². The second kappa shape index (κ2) is 8.01. The van der Waals surface area contributed by atoms with Crippen LogP contribution in [0.25, 0.3) is 10.9 Å². The van der Waals surface area contributed by atoms with Gasteiger partial charge in [0.25, 0.3) is 0 Å². The lowest BCUT2D eigenvalue weighted by Gasteiger charge is -2.10. The molecular formula is C18H25NO. The molecule has 0 aliphatic heterocycles. The molecule has 0 aliphatic carbocycles. The van der Waals surface area contributed by atoms with E-state index in [1.165, 1.54) is 32.1 Å². The fraction of sp³-hybridized carbons (Fsp3) is 0.500. The fourth-order valence-electron chi connectivity index (χ4n) is 2.53. The molecule has 1 aromatic carbocycles. The predicted molar refractivity (Wildman–Crippen MR) is 84.7 cm³/mol. The van der Waals surface area contributed by atoms with Crippen LogP contribution in [0.15, 0.2) is 36.4 Å². The van der Waals surface area contributed by atoms with Gasteiger partial charge in [-0.05, 0) is 18.6 Å². The van der Waals surface area contributed by atoms with Crippen LogP contribution in [0.5, 0.6) is 0 Å². The van der Waals surface area contributed by atoms with Crippen molar-refractivity contribution >= 4 is 10.9 Å². The topological polar surface area (TPSA) is 33.1 Å². The van der Waals surface area contributed by atoms with Gasteiger partial charge in [0.1, 0.15) is 0 Å². The number of aliphatic hydroxyl groups is 1. The highest BCUT2D eigenvalue weighted by Crippen LogP contribution is 2.21. The van der Waals surface area contributed by atoms with Gasteiger partial charge >= 0.3 is 0 Å². The van der Waals surface area contributed by atoms with Gasteiger partial charge in [-0.3, -0.25) is 4.98 Å². The van der Waals surface area contributed by atoms with Crippen LogP contribution in [-0.4, -0.2) is 10.1 Å². The number of aromatic nitrogens is 1. The van der Waals surface area contributed by atoms with E-state index in [0.717, 1.165) is 29.4 Å². The summed E-state index contributed by atoms with van der Waals surface area (Å²) in [5, 5.41) is 11.3. The second-order valence-electron chi connectivity index (χ2n) is 5.50. The molecule has 108 valence electrons. The van der Waals surface area contributed by atoms with Crippen molar-refractivity contribution in [1.82, 2.24) is 4.98 Å². The zero-order valence-electron chi connectivity index (χ0n) is 12.4. The van der Waals surface area contributed by atoms with Crippen molar-refractivity contribution in [1.29, 1.82) is 0 Å². The van der Waals surface area contributed by atoms with Crippen LogP contribution in [0.1, 0.15) is 63.7 Å². The van der Waals surface area contributed by atoms with Gasteiger partial charge in [0.15, 0.2) is 0 Å². The third-order valence-corrected chi connectivity index (χ3v) is 3.79. The molecule has 2 aromatic rings. The Kier molecular flexibility index (Phi) is 6.00. The van der Waals surface area contributed by atoms with Gasteiger partial charge in [-0.25, -0.2) is 0 Å². The average Bonchev–Trinajstić information content (AvgIpc) is 2.50. The first-order valence-electron chi connectivity index (χ1n) is 7.85. The average molecular weight is 271 g/mol. The summed E-state index contributed by atoms with van der Waals surface area (Å²) in [5.41, 5.74) is 1.77. The minimum absolute atomic E-state index is 0.425. The summed E-state index contributed by atoms with van der Waals surface area (Å²) in [6.07, 6.45) is 7.90. The number of unbranched alkanes of at least 4 members (excludes halogenated alkanes) is 5. The smallest absolute Gasteiger partial charge is 0.0960 e. The highest BCUT2D eigenvalue weighted by molar-refractivity contribution is 5.78. The van der Waals surface area contributed by atoms with Gasteiger partial charge in [0.2, 0.25) is 0 Å². The van der Waals surface area contributed by atoms with E-state index in [9.17, 15) is 5.11 Å². The number of benzene rings is 1. The van der Waals surface area contributed by atoms with E-state index in [1.54, 1.807) is 0 Å². The summed E-state index contributed by atoms with van der Waals surface area (Å²) >= 11 is 0. The Morgan fingerprint density at radius 2 is 1.70 bits per heavy atom. The van der Waals surface area contributed by atoms with Gasteiger partial charge in [0, 0.05) is 5.39 Å². The molecule has 0 fully saturated rings. The zero-order valence-corrected chi connectivity index (χ0v) is 12.4. The number of hydrogen-bond acceptors (Lipinski definition) is 2. The number of hydrogen-bond donors (Lipinski definition) is 1. The molecule has 1 atom stereocenters. The highest BCUT2D eigenvalue weighted by Gasteiger charge is 2.09. The lowest BCUT2D eigenvalue weighted by atomic mass is 10.0. The summed E-state index contributed by atoms with van der Waals surface area (Å²) in [6, 6.07) is 12.0. The summed E-state index contributed by atoms with van der Waals surface area (Å²) < 4.78 is 0. The first-order chi connectivity index (χ1) is 9.81. The van der Waals surface area contributed by atoms with Crippen LogP contribution in [0.2, 0.25) is 0 Å². The molecule has 0 spiro atoms. The second-order valence-corrected chi connectivity index (χ2v) is 5.50. The molecule has 2 heteroatoms. The van der Waals surface area contributed by atoms with E-state index < -0.39 is 6.10 Å². The molecule has 0 radical (unpaired) electrons. The van der Waals surface area contributed by atoms with E-state index >= 15 is 0 Å². The maximum absolute atomic E-state index is 10.2. The van der Waals surface area contributed by atoms with Crippen LogP contribution in [0.3, 0.4) is 0 Å². The molecule has 0 bridgehead atoms. The number of pyridine rings is 1. The first-order valence-corrected chi connectivity index (χ1v) is 7.85. The standard InChI is InChI=1S/C18H25NO/c1-2-3-4-5-6-7-12-18(20)17-14-13-15-10-8-9-11-16(15)19-17/h8-11,13-14,18,20H,2-7,12H2,1H3. The van der Waals surface area contributed by atoms with Crippen molar-refractivity contribution in [3.05, 3.63) is 42.1 Å². The zero-order chi connectivity index (χ0) is 14.2. The van der Waals surface area contributed by atoms with Crippen LogP contribution in [0, 0.1) is 0 Å². The molecule has 1 aromatic heterocycles. The molecule has 0 amide bonds. The molecule has 2 rings (SSSR count). The monoisotopic (exact) mass is 271 g/mol. The van der Waals surface area contributed by atoms with Gasteiger partial charge < -0.3 is 5.11 Å². The number of aliphatic hydroxyl groups excluding tert-OH is 1. The Balaban J connectivity index is 1.83. The predicted octanol–water partition coefficient (Wildman–Crippen LogP) is 5.02. The van der Waals surface area contributed by atoms with E-state index in [4.69, 9.17) is 0 Å². The quantitative estimate of drug-likeness (QED) is 0.684. The van der Waals surface area contributed by atoms with Crippen molar-refractivity contribution in [2.45, 2.75) is 58.0 Å². The van der Waals surface area contributed by atoms with E-state index in [1.807, 2.05) is 36.4 Å². The van der Waals surface area contributed by atoms with Gasteiger partial charge in [-0.1, -0.05) is 69.7 Å². The van der Waals surface area contributed by atoms with Crippen molar-refractivity contribution in [2.75, 3.05) is 0 Å². The maximum atomic E-state index is 10.2. The summed E-state index contributed by atoms with van der Waals surface area (Å²) in [7, 11) is 0. The number of nitrogens with zero attached hydrogens (tertiary/aromatic N) is 1. The Hall–Kier alpha value is -1.41. The van der Waals surface area contributed by atoms with Gasteiger partial charge in [-0.15, -0.1) is 0 Å². The van der Waals surface area contributed by atoms with E-state index in [-0.39, 0.29) is 0 Å². The van der Waals surface area contributed by atoms with E-state index in [0.29, 0.717) is 0 Å². The normalized spacial score (nSPS) is 12.7. The third-order valence-electron chi connectivity index (χ3n) is 3.79. The number of fused-ring (bicyclic) bond motifs is 1. The lowest BCUT2D eigenvalue weighted by molar-refractivity contribution is 0.159. The van der Waals surface area contributed by atoms with E-state index in [2.05, 4.69) is 11.9 Å². The number of rotatable bonds is 8. The van der Waals surface area contributed by atoms with Gasteiger partial charge in [-0.2, -0.15) is 0 Å². The van der Waals surface area contributed by atoms with Crippen molar-refractivity contribution in [3.63, 3.8) is 0 Å². The van der Waals surface area contributed by atoms with Crippen molar-refractivity contribution in [2.24, 2.45) is 0 Å². The fourth-order valence-corrected chi connectivity index (χ4v) is 2.53. The first kappa shape index (κ1) is 15.0. The van der Waals surface area contributed by atoms with Gasteiger partial charge in [0.05, 0.1) is 17.3 Å². The summed E-state index contributed by atoms with van der Waals surface area (Å²) in [4.78, 5) is 4.55. The summed E-state index contributed by atoms with van der Waals surface area (Å²) in [5.74, 6) is 0. The molecule has 20 heavy (non-hydrogen) atoms. The molecular weight excluding hydrogens is 246 g/mol. The van der Waals surface area contributed by atoms with Crippen LogP contribution in [0.4, 0.5) is 0 Å². The summed E-state index contributed by atoms with van der Waals surface area (Å²) in [6.45, 7) is 2.23. The molecule has 1 heterocycles. The minimum atomic E-state index is -0.425. The Labute approximate surface area is 121 Å². The Bertz CT molecular complexity index is 524. The molecule has 1 unspecified atom stereocenters. The molecule has 2 nitrogen and oxygen atoms in total. The Morgan fingerprint density at radius 3 is 2.55 bits per heavy atom. The van der Waals surface area contributed by atoms with Crippen molar-refractivity contribution in [3.8, 4) is 0 Å². The highest BCUT2D eigenvalue weighted by atomic mass is 16.3. The molecule has 0 saturated carbocycles.